The Kier molecular flexibility index (Phi) is 7.13. The van der Waals surface area contributed by atoms with Crippen LogP contribution in [0, 0.1) is 6.92 Å². The van der Waals surface area contributed by atoms with Gasteiger partial charge in [0.15, 0.2) is 6.61 Å². The molecule has 1 saturated heterocycles. The molecule has 1 aromatic carbocycles. The highest BCUT2D eigenvalue weighted by Gasteiger charge is 2.24. The molecule has 2 atom stereocenters. The third kappa shape index (κ3) is 6.08. The summed E-state index contributed by atoms with van der Waals surface area (Å²) in [5.41, 5.74) is 0.922. The second-order valence-corrected chi connectivity index (χ2v) is 7.92. The number of amides is 1. The van der Waals surface area contributed by atoms with Gasteiger partial charge in [-0.15, -0.1) is 0 Å². The van der Waals surface area contributed by atoms with Gasteiger partial charge in [-0.05, 0) is 38.8 Å². The van der Waals surface area contributed by atoms with Gasteiger partial charge in [0.2, 0.25) is 10.0 Å². The molecular weight excluding hydrogens is 360 g/mol. The van der Waals surface area contributed by atoms with Crippen LogP contribution < -0.4 is 10.0 Å². The molecule has 2 rings (SSSR count). The van der Waals surface area contributed by atoms with Gasteiger partial charge in [0.25, 0.3) is 5.91 Å². The van der Waals surface area contributed by atoms with Crippen molar-refractivity contribution in [1.29, 1.82) is 0 Å². The highest BCUT2D eigenvalue weighted by atomic mass is 32.2. The molecule has 144 valence electrons. The van der Waals surface area contributed by atoms with E-state index in [4.69, 9.17) is 9.47 Å². The van der Waals surface area contributed by atoms with Gasteiger partial charge < -0.3 is 14.8 Å². The van der Waals surface area contributed by atoms with E-state index in [1.165, 1.54) is 19.1 Å². The van der Waals surface area contributed by atoms with Gasteiger partial charge in [0, 0.05) is 13.2 Å². The molecule has 26 heavy (non-hydrogen) atoms. The second-order valence-electron chi connectivity index (χ2n) is 6.20. The zero-order valence-corrected chi connectivity index (χ0v) is 15.7. The van der Waals surface area contributed by atoms with Gasteiger partial charge in [-0.3, -0.25) is 9.59 Å². The lowest BCUT2D eigenvalue weighted by Gasteiger charge is -2.14. The molecule has 9 heteroatoms. The SMILES string of the molecule is Cc1ccc(S(=O)(=O)N[C@@H](C)C(=O)OCC(=O)NCC2CCCO2)cc1. The van der Waals surface area contributed by atoms with Crippen LogP contribution in [0.2, 0.25) is 0 Å². The smallest absolute Gasteiger partial charge is 0.324 e. The van der Waals surface area contributed by atoms with E-state index >= 15 is 0 Å². The standard InChI is InChI=1S/C17H24N2O6S/c1-12-5-7-15(8-6-12)26(22,23)19-13(2)17(21)25-11-16(20)18-10-14-4-3-9-24-14/h5-8,13-14,19H,3-4,9-11H2,1-2H3,(H,18,20)/t13-,14?/m0/s1. The molecule has 0 radical (unpaired) electrons. The molecule has 0 spiro atoms. The Morgan fingerprint density at radius 2 is 2.00 bits per heavy atom. The number of esters is 1. The van der Waals surface area contributed by atoms with Gasteiger partial charge in [-0.2, -0.15) is 4.72 Å². The molecule has 1 aliphatic heterocycles. The highest BCUT2D eigenvalue weighted by molar-refractivity contribution is 7.89. The Morgan fingerprint density at radius 3 is 2.62 bits per heavy atom. The van der Waals surface area contributed by atoms with Crippen LogP contribution in [0.25, 0.3) is 0 Å². The highest BCUT2D eigenvalue weighted by Crippen LogP contribution is 2.11. The maximum absolute atomic E-state index is 12.2. The van der Waals surface area contributed by atoms with Crippen LogP contribution in [0.15, 0.2) is 29.2 Å². The molecule has 1 aromatic rings. The molecule has 1 unspecified atom stereocenters. The Morgan fingerprint density at radius 1 is 1.31 bits per heavy atom. The summed E-state index contributed by atoms with van der Waals surface area (Å²) in [5.74, 6) is -1.28. The number of carbonyl (C=O) groups is 2. The Balaban J connectivity index is 1.77. The van der Waals surface area contributed by atoms with Gasteiger partial charge in [0.1, 0.15) is 6.04 Å². The molecule has 0 saturated carbocycles. The summed E-state index contributed by atoms with van der Waals surface area (Å²) in [7, 11) is -3.85. The fourth-order valence-corrected chi connectivity index (χ4v) is 3.60. The molecule has 0 aromatic heterocycles. The van der Waals surface area contributed by atoms with E-state index in [0.717, 1.165) is 18.4 Å². The van der Waals surface area contributed by atoms with E-state index in [1.54, 1.807) is 12.1 Å². The van der Waals surface area contributed by atoms with Crippen molar-refractivity contribution < 1.29 is 27.5 Å². The van der Waals surface area contributed by atoms with Crippen molar-refractivity contribution >= 4 is 21.9 Å². The number of carbonyl (C=O) groups excluding carboxylic acids is 2. The van der Waals surface area contributed by atoms with Crippen molar-refractivity contribution in [2.24, 2.45) is 0 Å². The number of aryl methyl sites for hydroxylation is 1. The van der Waals surface area contributed by atoms with Crippen LogP contribution in [0.3, 0.4) is 0 Å². The quantitative estimate of drug-likeness (QED) is 0.632. The number of ether oxygens (including phenoxy) is 2. The zero-order valence-electron chi connectivity index (χ0n) is 14.9. The fraction of sp³-hybridized carbons (Fsp3) is 0.529. The lowest BCUT2D eigenvalue weighted by atomic mass is 10.2. The van der Waals surface area contributed by atoms with E-state index in [0.29, 0.717) is 13.2 Å². The molecule has 2 N–H and O–H groups in total. The number of sulfonamides is 1. The normalized spacial score (nSPS) is 18.3. The van der Waals surface area contributed by atoms with Gasteiger partial charge >= 0.3 is 5.97 Å². The third-order valence-corrected chi connectivity index (χ3v) is 5.47. The van der Waals surface area contributed by atoms with Crippen LogP contribution in [0.1, 0.15) is 25.3 Å². The van der Waals surface area contributed by atoms with E-state index in [9.17, 15) is 18.0 Å². The van der Waals surface area contributed by atoms with Crippen molar-refractivity contribution in [3.63, 3.8) is 0 Å². The first-order valence-corrected chi connectivity index (χ1v) is 9.90. The summed E-state index contributed by atoms with van der Waals surface area (Å²) in [5, 5.41) is 2.62. The van der Waals surface area contributed by atoms with Crippen molar-refractivity contribution in [2.75, 3.05) is 19.8 Å². The largest absolute Gasteiger partial charge is 0.454 e. The maximum atomic E-state index is 12.2. The third-order valence-electron chi connectivity index (χ3n) is 3.91. The summed E-state index contributed by atoms with van der Waals surface area (Å²) < 4.78 is 36.9. The number of rotatable bonds is 8. The van der Waals surface area contributed by atoms with Gasteiger partial charge in [-0.1, -0.05) is 17.7 Å². The van der Waals surface area contributed by atoms with Crippen molar-refractivity contribution in [2.45, 2.75) is 43.7 Å². The van der Waals surface area contributed by atoms with E-state index < -0.39 is 34.5 Å². The lowest BCUT2D eigenvalue weighted by molar-refractivity contribution is -0.149. The number of hydrogen-bond donors (Lipinski definition) is 2. The summed E-state index contributed by atoms with van der Waals surface area (Å²) in [4.78, 5) is 23.7. The Labute approximate surface area is 153 Å². The van der Waals surface area contributed by atoms with Gasteiger partial charge in [-0.25, -0.2) is 8.42 Å². The zero-order chi connectivity index (χ0) is 19.2. The number of nitrogens with one attached hydrogen (secondary N) is 2. The summed E-state index contributed by atoms with van der Waals surface area (Å²) >= 11 is 0. The molecule has 8 nitrogen and oxygen atoms in total. The molecule has 1 heterocycles. The molecule has 1 aliphatic rings. The topological polar surface area (TPSA) is 111 Å². The minimum Gasteiger partial charge on any atom is -0.454 e. The Bertz CT molecular complexity index is 726. The fourth-order valence-electron chi connectivity index (χ4n) is 2.41. The first-order valence-electron chi connectivity index (χ1n) is 8.42. The summed E-state index contributed by atoms with van der Waals surface area (Å²) in [6, 6.07) is 5.11. The van der Waals surface area contributed by atoms with Crippen LogP contribution in [-0.4, -0.2) is 52.2 Å². The number of benzene rings is 1. The Hall–Kier alpha value is -1.97. The first kappa shape index (κ1) is 20.3. The van der Waals surface area contributed by atoms with Crippen molar-refractivity contribution in [1.82, 2.24) is 10.0 Å². The van der Waals surface area contributed by atoms with E-state index in [-0.39, 0.29) is 11.0 Å². The van der Waals surface area contributed by atoms with Crippen LogP contribution in [-0.2, 0) is 29.1 Å². The van der Waals surface area contributed by atoms with Crippen LogP contribution in [0.5, 0.6) is 0 Å². The predicted molar refractivity (Wildman–Crippen MR) is 93.9 cm³/mol. The average Bonchev–Trinajstić information content (AvgIpc) is 3.11. The van der Waals surface area contributed by atoms with Crippen molar-refractivity contribution in [3.8, 4) is 0 Å². The van der Waals surface area contributed by atoms with Crippen LogP contribution >= 0.6 is 0 Å². The predicted octanol–water partition coefficient (Wildman–Crippen LogP) is 0.500. The minimum atomic E-state index is -3.85. The first-order chi connectivity index (χ1) is 12.3. The second kappa shape index (κ2) is 9.11. The van der Waals surface area contributed by atoms with Crippen molar-refractivity contribution in [3.05, 3.63) is 29.8 Å². The molecule has 1 fully saturated rings. The summed E-state index contributed by atoms with van der Waals surface area (Å²) in [6.45, 7) is 3.79. The molecule has 0 aliphatic carbocycles. The molecule has 1 amide bonds. The van der Waals surface area contributed by atoms with E-state index in [1.807, 2.05) is 6.92 Å². The summed E-state index contributed by atoms with van der Waals surface area (Å²) in [6.07, 6.45) is 1.85. The maximum Gasteiger partial charge on any atom is 0.324 e. The average molecular weight is 384 g/mol. The van der Waals surface area contributed by atoms with Gasteiger partial charge in [0.05, 0.1) is 11.0 Å². The van der Waals surface area contributed by atoms with E-state index in [2.05, 4.69) is 10.0 Å². The monoisotopic (exact) mass is 384 g/mol. The lowest BCUT2D eigenvalue weighted by Crippen LogP contribution is -2.41. The molecular formula is C17H24N2O6S. The number of hydrogen-bond acceptors (Lipinski definition) is 6. The van der Waals surface area contributed by atoms with Crippen LogP contribution in [0.4, 0.5) is 0 Å². The minimum absolute atomic E-state index is 0.00473. The molecule has 0 bridgehead atoms.